The third-order valence-corrected chi connectivity index (χ3v) is 20.1. The van der Waals surface area contributed by atoms with Gasteiger partial charge in [0.2, 0.25) is 0 Å². The van der Waals surface area contributed by atoms with Gasteiger partial charge in [-0.25, -0.2) is 0 Å². The normalized spacial score (nSPS) is 12.5. The van der Waals surface area contributed by atoms with Gasteiger partial charge in [-0.05, 0) is 205 Å². The SMILES string of the molecule is c1ccc(N(c2ccc(-c3ccc4c(c3)c3ccccc3n4-c3ccccc3)cc2)c2cc(-c3cccc4c3-c3ccccc3C43c4ccccc4-c4ccccc43)cc(N(c3ccccc3)c3ccc(-c4ccc5c(c4)c4ccccc4n5-c4ccccc4)cc3)c2)cc1. The molecule has 4 nitrogen and oxygen atoms in total. The highest BCUT2D eigenvalue weighted by atomic mass is 15.2. The third-order valence-electron chi connectivity index (χ3n) is 20.1. The number of hydrogen-bond donors (Lipinski definition) is 0. The summed E-state index contributed by atoms with van der Waals surface area (Å²) < 4.78 is 4.76. The van der Waals surface area contributed by atoms with E-state index in [0.29, 0.717) is 0 Å². The van der Waals surface area contributed by atoms with Gasteiger partial charge in [0, 0.05) is 67.0 Å². The topological polar surface area (TPSA) is 16.3 Å². The molecule has 2 aromatic heterocycles. The monoisotopic (exact) mass is 1210 g/mol. The first-order valence-corrected chi connectivity index (χ1v) is 32.8. The van der Waals surface area contributed by atoms with Crippen LogP contribution in [0.5, 0.6) is 0 Å². The zero-order valence-electron chi connectivity index (χ0n) is 51.9. The number of rotatable bonds is 11. The van der Waals surface area contributed by atoms with Gasteiger partial charge < -0.3 is 18.9 Å². The van der Waals surface area contributed by atoms with E-state index in [1.165, 1.54) is 105 Å². The molecule has 95 heavy (non-hydrogen) atoms. The van der Waals surface area contributed by atoms with Crippen LogP contribution in [0.2, 0.25) is 0 Å². The summed E-state index contributed by atoms with van der Waals surface area (Å²) in [6.45, 7) is 0. The molecular weight excluding hydrogens is 1150 g/mol. The minimum atomic E-state index is -0.502. The van der Waals surface area contributed by atoms with E-state index < -0.39 is 5.41 Å². The van der Waals surface area contributed by atoms with E-state index in [1.54, 1.807) is 0 Å². The van der Waals surface area contributed by atoms with Crippen molar-refractivity contribution in [3.05, 3.63) is 386 Å². The molecule has 0 bridgehead atoms. The molecule has 0 saturated carbocycles. The summed E-state index contributed by atoms with van der Waals surface area (Å²) in [4.78, 5) is 4.87. The van der Waals surface area contributed by atoms with Gasteiger partial charge in [-0.15, -0.1) is 0 Å². The van der Waals surface area contributed by atoms with Crippen LogP contribution in [-0.2, 0) is 5.41 Å². The molecule has 1 spiro atoms. The van der Waals surface area contributed by atoms with Crippen molar-refractivity contribution >= 4 is 77.7 Å². The zero-order valence-corrected chi connectivity index (χ0v) is 51.9. The second kappa shape index (κ2) is 21.8. The summed E-state index contributed by atoms with van der Waals surface area (Å²) >= 11 is 0. The Kier molecular flexibility index (Phi) is 12.5. The molecule has 444 valence electrons. The van der Waals surface area contributed by atoms with E-state index in [-0.39, 0.29) is 0 Å². The third kappa shape index (κ3) is 8.48. The molecule has 17 aromatic rings. The molecule has 15 aromatic carbocycles. The van der Waals surface area contributed by atoms with Crippen LogP contribution in [0.4, 0.5) is 34.1 Å². The average molecular weight is 1210 g/mol. The predicted octanol–water partition coefficient (Wildman–Crippen LogP) is 24.2. The lowest BCUT2D eigenvalue weighted by molar-refractivity contribution is 0.794. The Balaban J connectivity index is 0.795. The number of aromatic nitrogens is 2. The molecule has 0 aliphatic heterocycles. The maximum atomic E-state index is 2.44. The predicted molar refractivity (Wildman–Crippen MR) is 397 cm³/mol. The minimum absolute atomic E-state index is 0.502. The Morgan fingerprint density at radius 2 is 0.547 bits per heavy atom. The van der Waals surface area contributed by atoms with E-state index in [4.69, 9.17) is 0 Å². The number of para-hydroxylation sites is 6. The van der Waals surface area contributed by atoms with Gasteiger partial charge in [0.1, 0.15) is 0 Å². The fourth-order valence-electron chi connectivity index (χ4n) is 16.1. The first-order valence-electron chi connectivity index (χ1n) is 32.8. The molecule has 0 amide bonds. The van der Waals surface area contributed by atoms with Crippen LogP contribution in [0, 0.1) is 0 Å². The molecule has 0 atom stereocenters. The van der Waals surface area contributed by atoms with Crippen molar-refractivity contribution in [3.63, 3.8) is 0 Å². The van der Waals surface area contributed by atoms with Gasteiger partial charge in [0.15, 0.2) is 0 Å². The van der Waals surface area contributed by atoms with Crippen LogP contribution in [0.25, 0.3) is 111 Å². The summed E-state index contributed by atoms with van der Waals surface area (Å²) in [6, 6.07) is 135. The second-order valence-corrected chi connectivity index (χ2v) is 25.1. The average Bonchev–Trinajstić information content (AvgIpc) is 1.51. The molecule has 2 aliphatic carbocycles. The number of hydrogen-bond acceptors (Lipinski definition) is 2. The molecule has 4 heteroatoms. The largest absolute Gasteiger partial charge is 0.310 e. The van der Waals surface area contributed by atoms with Crippen molar-refractivity contribution in [1.29, 1.82) is 0 Å². The van der Waals surface area contributed by atoms with Crippen LogP contribution in [0.1, 0.15) is 22.3 Å². The van der Waals surface area contributed by atoms with Crippen LogP contribution < -0.4 is 9.80 Å². The summed E-state index contributed by atoms with van der Waals surface area (Å²) in [5.41, 5.74) is 30.1. The Bertz CT molecular complexity index is 5520. The van der Waals surface area contributed by atoms with Crippen molar-refractivity contribution < 1.29 is 0 Å². The Hall–Kier alpha value is -12.5. The van der Waals surface area contributed by atoms with Crippen molar-refractivity contribution in [2.75, 3.05) is 9.80 Å². The molecule has 19 rings (SSSR count). The van der Waals surface area contributed by atoms with Crippen LogP contribution >= 0.6 is 0 Å². The van der Waals surface area contributed by atoms with Crippen molar-refractivity contribution in [2.24, 2.45) is 0 Å². The summed E-state index contributed by atoms with van der Waals surface area (Å²) in [6.07, 6.45) is 0. The quantitative estimate of drug-likeness (QED) is 0.128. The maximum absolute atomic E-state index is 2.44. The number of fused-ring (bicyclic) bond motifs is 16. The lowest BCUT2D eigenvalue weighted by atomic mass is 9.70. The fourth-order valence-corrected chi connectivity index (χ4v) is 16.1. The molecule has 0 radical (unpaired) electrons. The highest BCUT2D eigenvalue weighted by Gasteiger charge is 2.52. The number of benzene rings is 15. The molecule has 2 aliphatic rings. The van der Waals surface area contributed by atoms with Crippen LogP contribution in [0.15, 0.2) is 364 Å². The van der Waals surface area contributed by atoms with Gasteiger partial charge in [0.05, 0.1) is 27.5 Å². The van der Waals surface area contributed by atoms with E-state index in [0.717, 1.165) is 62.2 Å². The van der Waals surface area contributed by atoms with Gasteiger partial charge in [-0.3, -0.25) is 0 Å². The van der Waals surface area contributed by atoms with Gasteiger partial charge in [-0.1, -0.05) is 237 Å². The Labute approximate surface area is 552 Å². The smallest absolute Gasteiger partial charge is 0.0725 e. The van der Waals surface area contributed by atoms with Crippen LogP contribution in [0.3, 0.4) is 0 Å². The summed E-state index contributed by atoms with van der Waals surface area (Å²) in [7, 11) is 0. The van der Waals surface area contributed by atoms with Gasteiger partial charge in [-0.2, -0.15) is 0 Å². The highest BCUT2D eigenvalue weighted by Crippen LogP contribution is 2.64. The second-order valence-electron chi connectivity index (χ2n) is 25.1. The summed E-state index contributed by atoms with van der Waals surface area (Å²) in [5, 5.41) is 4.93. The lowest BCUT2D eigenvalue weighted by Gasteiger charge is -2.31. The standard InChI is InChI=1S/C91H60N4/c1-5-24-66(25-6-1)92(70-50-44-61(45-51-70)63-48-54-88-80(58-63)77-34-16-21-42-86(77)94(88)68-28-9-3-10-29-68)72-56-65(74-37-23-41-85-90(74)79-36-15-20-40-84(79)91(85)82-38-18-13-32-75(82)76-33-14-19-39-83(76)91)57-73(60-72)93(67-26-7-2-8-27-67)71-52-46-62(47-53-71)64-49-55-89-81(59-64)78-35-17-22-43-87(78)95(89)69-30-11-4-12-31-69/h1-60H. The Morgan fingerprint density at radius 3 is 1.02 bits per heavy atom. The molecule has 0 saturated heterocycles. The first-order chi connectivity index (χ1) is 47.1. The van der Waals surface area contributed by atoms with E-state index in [1.807, 2.05) is 0 Å². The molecule has 0 unspecified atom stereocenters. The highest BCUT2D eigenvalue weighted by molar-refractivity contribution is 6.12. The first kappa shape index (κ1) is 54.3. The van der Waals surface area contributed by atoms with Crippen molar-refractivity contribution in [2.45, 2.75) is 5.41 Å². The van der Waals surface area contributed by atoms with E-state index in [9.17, 15) is 0 Å². The van der Waals surface area contributed by atoms with Crippen molar-refractivity contribution in [3.8, 4) is 67.0 Å². The minimum Gasteiger partial charge on any atom is -0.310 e. The lowest BCUT2D eigenvalue weighted by Crippen LogP contribution is -2.25. The molecule has 0 N–H and O–H groups in total. The van der Waals surface area contributed by atoms with E-state index >= 15 is 0 Å². The van der Waals surface area contributed by atoms with Crippen LogP contribution in [-0.4, -0.2) is 9.13 Å². The van der Waals surface area contributed by atoms with Gasteiger partial charge >= 0.3 is 0 Å². The van der Waals surface area contributed by atoms with Crippen molar-refractivity contribution in [1.82, 2.24) is 9.13 Å². The zero-order chi connectivity index (χ0) is 62.6. The van der Waals surface area contributed by atoms with Gasteiger partial charge in [0.25, 0.3) is 0 Å². The van der Waals surface area contributed by atoms with E-state index in [2.05, 4.69) is 383 Å². The molecule has 2 heterocycles. The maximum Gasteiger partial charge on any atom is 0.0725 e. The number of anilines is 6. The summed E-state index contributed by atoms with van der Waals surface area (Å²) in [5.74, 6) is 0. The fraction of sp³-hybridized carbons (Fsp3) is 0.0110. The number of nitrogens with zero attached hydrogens (tertiary/aromatic N) is 4. The Morgan fingerprint density at radius 1 is 0.200 bits per heavy atom. The molecular formula is C91H60N4. The molecule has 0 fully saturated rings.